The first-order chi connectivity index (χ1) is 8.77. The molecule has 0 heterocycles. The van der Waals surface area contributed by atoms with Gasteiger partial charge in [-0.05, 0) is 43.6 Å². The molecule has 0 spiro atoms. The lowest BCUT2D eigenvalue weighted by atomic mass is 10.2. The molecule has 0 aliphatic rings. The van der Waals surface area contributed by atoms with E-state index in [-0.39, 0.29) is 4.90 Å². The molecule has 4 N–H and O–H groups in total. The van der Waals surface area contributed by atoms with E-state index in [4.69, 9.17) is 10.9 Å². The molecule has 0 aliphatic carbocycles. The summed E-state index contributed by atoms with van der Waals surface area (Å²) >= 11 is 1.80. The summed E-state index contributed by atoms with van der Waals surface area (Å²) in [6.45, 7) is 2.11. The molecule has 0 radical (unpaired) electrons. The lowest BCUT2D eigenvalue weighted by Crippen LogP contribution is -2.30. The monoisotopic (exact) mass is 303 g/mol. The predicted molar refractivity (Wildman–Crippen MR) is 83.1 cm³/mol. The molecule has 0 fully saturated rings. The van der Waals surface area contributed by atoms with Crippen LogP contribution in [-0.4, -0.2) is 33.5 Å². The van der Waals surface area contributed by atoms with Gasteiger partial charge in [-0.3, -0.25) is 0 Å². The maximum atomic E-state index is 11.2. The summed E-state index contributed by atoms with van der Waals surface area (Å²) in [6.07, 6.45) is 3.11. The molecule has 1 rings (SSSR count). The van der Waals surface area contributed by atoms with E-state index in [0.717, 1.165) is 17.9 Å². The number of thioether (sulfide) groups is 1. The van der Waals surface area contributed by atoms with Gasteiger partial charge in [0.05, 0.1) is 16.3 Å². The molecule has 0 aliphatic heterocycles. The highest BCUT2D eigenvalue weighted by atomic mass is 32.2. The molecule has 19 heavy (non-hydrogen) atoms. The second-order valence-corrected chi connectivity index (χ2v) is 7.05. The van der Waals surface area contributed by atoms with Crippen LogP contribution >= 0.6 is 11.8 Å². The van der Waals surface area contributed by atoms with Gasteiger partial charge in [-0.1, -0.05) is 0 Å². The zero-order valence-corrected chi connectivity index (χ0v) is 13.1. The Labute approximate surface area is 119 Å². The number of nitrogens with two attached hydrogens (primary N) is 2. The number of nitrogen functional groups attached to an aromatic ring is 1. The summed E-state index contributed by atoms with van der Waals surface area (Å²) < 4.78 is 22.5. The van der Waals surface area contributed by atoms with Crippen LogP contribution in [0, 0.1) is 0 Å². The van der Waals surface area contributed by atoms with Gasteiger partial charge in [0.2, 0.25) is 10.0 Å². The lowest BCUT2D eigenvalue weighted by molar-refractivity contribution is 0.598. The molecule has 1 aromatic rings. The van der Waals surface area contributed by atoms with E-state index in [9.17, 15) is 8.42 Å². The summed E-state index contributed by atoms with van der Waals surface area (Å²) in [5.41, 5.74) is 7.16. The first-order valence-corrected chi connectivity index (χ1v) is 8.85. The van der Waals surface area contributed by atoms with Crippen LogP contribution in [0.3, 0.4) is 0 Å². The van der Waals surface area contributed by atoms with Gasteiger partial charge in [-0.25, -0.2) is 13.6 Å². The Morgan fingerprint density at radius 3 is 2.53 bits per heavy atom. The number of hydrogen-bond acceptors (Lipinski definition) is 5. The van der Waals surface area contributed by atoms with Crippen LogP contribution in [0.1, 0.15) is 13.3 Å². The molecular formula is C12H21N3O2S2. The Morgan fingerprint density at radius 2 is 2.05 bits per heavy atom. The summed E-state index contributed by atoms with van der Waals surface area (Å²) in [6, 6.07) is 4.92. The predicted octanol–water partition coefficient (Wildman–Crippen LogP) is 1.49. The van der Waals surface area contributed by atoms with E-state index >= 15 is 0 Å². The second kappa shape index (κ2) is 6.49. The Bertz CT molecular complexity index is 532. The van der Waals surface area contributed by atoms with Gasteiger partial charge in [-0.15, -0.1) is 0 Å². The quantitative estimate of drug-likeness (QED) is 0.777. The average Bonchev–Trinajstić information content (AvgIpc) is 2.33. The normalized spacial score (nSPS) is 13.3. The highest BCUT2D eigenvalue weighted by Gasteiger charge is 2.15. The third-order valence-electron chi connectivity index (χ3n) is 3.11. The van der Waals surface area contributed by atoms with E-state index in [1.807, 2.05) is 7.05 Å². The van der Waals surface area contributed by atoms with Crippen LogP contribution in [0.5, 0.6) is 0 Å². The number of benzene rings is 1. The van der Waals surface area contributed by atoms with E-state index in [0.29, 0.717) is 11.7 Å². The summed E-state index contributed by atoms with van der Waals surface area (Å²) in [4.78, 5) is 2.09. The number of anilines is 2. The van der Waals surface area contributed by atoms with E-state index in [1.54, 1.807) is 17.8 Å². The van der Waals surface area contributed by atoms with Gasteiger partial charge in [-0.2, -0.15) is 11.8 Å². The van der Waals surface area contributed by atoms with Crippen LogP contribution in [0.2, 0.25) is 0 Å². The lowest BCUT2D eigenvalue weighted by Gasteiger charge is -2.28. The molecule has 0 aromatic heterocycles. The zero-order chi connectivity index (χ0) is 14.6. The molecule has 1 unspecified atom stereocenters. The largest absolute Gasteiger partial charge is 0.397 e. The summed E-state index contributed by atoms with van der Waals surface area (Å²) in [5, 5.41) is 5.08. The molecule has 0 amide bonds. The van der Waals surface area contributed by atoms with E-state index in [1.165, 1.54) is 12.1 Å². The fourth-order valence-corrected chi connectivity index (χ4v) is 2.88. The van der Waals surface area contributed by atoms with Crippen LogP contribution in [-0.2, 0) is 10.0 Å². The molecule has 1 aromatic carbocycles. The number of sulfonamides is 1. The zero-order valence-electron chi connectivity index (χ0n) is 11.5. The fourth-order valence-electron chi connectivity index (χ4n) is 1.75. The molecule has 7 heteroatoms. The SMILES string of the molecule is CSCCC(C)N(C)c1ccc(S(N)(=O)=O)cc1N. The van der Waals surface area contributed by atoms with Crippen molar-refractivity contribution in [2.24, 2.45) is 5.14 Å². The minimum absolute atomic E-state index is 0.0407. The highest BCUT2D eigenvalue weighted by Crippen LogP contribution is 2.27. The van der Waals surface area contributed by atoms with Crippen molar-refractivity contribution in [1.29, 1.82) is 0 Å². The minimum atomic E-state index is -3.70. The maximum Gasteiger partial charge on any atom is 0.238 e. The van der Waals surface area contributed by atoms with Crippen LogP contribution < -0.4 is 15.8 Å². The fraction of sp³-hybridized carbons (Fsp3) is 0.500. The van der Waals surface area contributed by atoms with Crippen LogP contribution in [0.25, 0.3) is 0 Å². The first-order valence-electron chi connectivity index (χ1n) is 5.91. The highest BCUT2D eigenvalue weighted by molar-refractivity contribution is 7.98. The Hall–Kier alpha value is -0.920. The topological polar surface area (TPSA) is 89.4 Å². The van der Waals surface area contributed by atoms with Gasteiger partial charge in [0, 0.05) is 13.1 Å². The summed E-state index contributed by atoms with van der Waals surface area (Å²) in [7, 11) is -1.75. The van der Waals surface area contributed by atoms with Crippen molar-refractivity contribution in [3.05, 3.63) is 18.2 Å². The first kappa shape index (κ1) is 16.1. The van der Waals surface area contributed by atoms with Crippen molar-refractivity contribution >= 4 is 33.2 Å². The molecular weight excluding hydrogens is 282 g/mol. The third-order valence-corrected chi connectivity index (χ3v) is 4.66. The Kier molecular flexibility index (Phi) is 5.51. The third kappa shape index (κ3) is 4.29. The van der Waals surface area contributed by atoms with Gasteiger partial charge >= 0.3 is 0 Å². The van der Waals surface area contributed by atoms with E-state index < -0.39 is 10.0 Å². The molecule has 1 atom stereocenters. The summed E-state index contributed by atoms with van der Waals surface area (Å²) in [5.74, 6) is 1.07. The molecule has 0 bridgehead atoms. The van der Waals surface area contributed by atoms with Crippen molar-refractivity contribution in [3.63, 3.8) is 0 Å². The number of rotatable bonds is 6. The van der Waals surface area contributed by atoms with Crippen molar-refractivity contribution in [2.75, 3.05) is 29.7 Å². The Morgan fingerprint density at radius 1 is 1.42 bits per heavy atom. The van der Waals surface area contributed by atoms with Crippen molar-refractivity contribution < 1.29 is 8.42 Å². The number of primary sulfonamides is 1. The number of hydrogen-bond donors (Lipinski definition) is 2. The standard InChI is InChI=1S/C12H21N3O2S2/c1-9(6-7-18-3)15(2)12-5-4-10(8-11(12)13)19(14,16)17/h4-5,8-9H,6-7,13H2,1-3H3,(H2,14,16,17). The van der Waals surface area contributed by atoms with Gasteiger partial charge in [0.1, 0.15) is 0 Å². The number of nitrogens with zero attached hydrogens (tertiary/aromatic N) is 1. The minimum Gasteiger partial charge on any atom is -0.397 e. The molecule has 0 saturated carbocycles. The molecule has 108 valence electrons. The van der Waals surface area contributed by atoms with Crippen LogP contribution in [0.15, 0.2) is 23.1 Å². The molecule has 0 saturated heterocycles. The average molecular weight is 303 g/mol. The molecule has 5 nitrogen and oxygen atoms in total. The smallest absolute Gasteiger partial charge is 0.238 e. The van der Waals surface area contributed by atoms with Crippen molar-refractivity contribution in [3.8, 4) is 0 Å². The maximum absolute atomic E-state index is 11.2. The van der Waals surface area contributed by atoms with Crippen LogP contribution in [0.4, 0.5) is 11.4 Å². The van der Waals surface area contributed by atoms with Crippen molar-refractivity contribution in [1.82, 2.24) is 0 Å². The Balaban J connectivity index is 2.96. The second-order valence-electron chi connectivity index (χ2n) is 4.51. The van der Waals surface area contributed by atoms with Crippen molar-refractivity contribution in [2.45, 2.75) is 24.3 Å². The van der Waals surface area contributed by atoms with Gasteiger partial charge in [0.15, 0.2) is 0 Å². The van der Waals surface area contributed by atoms with Gasteiger partial charge in [0.25, 0.3) is 0 Å². The van der Waals surface area contributed by atoms with Gasteiger partial charge < -0.3 is 10.6 Å². The van der Waals surface area contributed by atoms with E-state index in [2.05, 4.69) is 18.1 Å².